The van der Waals surface area contributed by atoms with Gasteiger partial charge in [-0.05, 0) is 61.0 Å². The summed E-state index contributed by atoms with van der Waals surface area (Å²) in [6.07, 6.45) is -0.627. The summed E-state index contributed by atoms with van der Waals surface area (Å²) in [5.41, 5.74) is 1.89. The topological polar surface area (TPSA) is 67.9 Å². The maximum Gasteiger partial charge on any atom is 0.268 e. The van der Waals surface area contributed by atoms with Crippen molar-refractivity contribution in [2.75, 3.05) is 16.8 Å². The highest BCUT2D eigenvalue weighted by Crippen LogP contribution is 2.37. The fourth-order valence-corrected chi connectivity index (χ4v) is 3.64. The fraction of sp³-hybridized carbons (Fsp3) is 0.167. The minimum Gasteiger partial charge on any atom is -0.484 e. The first kappa shape index (κ1) is 22.0. The maximum absolute atomic E-state index is 12.9. The number of hydrogen-bond acceptors (Lipinski definition) is 4. The van der Waals surface area contributed by atoms with Gasteiger partial charge in [-0.25, -0.2) is 0 Å². The van der Waals surface area contributed by atoms with Crippen molar-refractivity contribution in [3.63, 3.8) is 0 Å². The second-order valence-electron chi connectivity index (χ2n) is 7.25. The summed E-state index contributed by atoms with van der Waals surface area (Å²) in [5.74, 6) is 0.564. The van der Waals surface area contributed by atoms with E-state index in [1.54, 1.807) is 60.4 Å². The molecule has 0 fully saturated rings. The second-order valence-corrected chi connectivity index (χ2v) is 8.09. The number of carbonyl (C=O) groups excluding carboxylic acids is 2. The van der Waals surface area contributed by atoms with Crippen molar-refractivity contribution in [1.29, 1.82) is 0 Å². The molecule has 0 aliphatic carbocycles. The van der Waals surface area contributed by atoms with E-state index in [2.05, 4.69) is 5.32 Å². The Morgan fingerprint density at radius 2 is 1.84 bits per heavy atom. The molecule has 1 aliphatic heterocycles. The van der Waals surface area contributed by atoms with Crippen LogP contribution in [0.3, 0.4) is 0 Å². The normalized spacial score (nSPS) is 15.0. The molecular weight excluding hydrogens is 451 g/mol. The van der Waals surface area contributed by atoms with Crippen molar-refractivity contribution in [1.82, 2.24) is 0 Å². The number of amides is 2. The Bertz CT molecular complexity index is 1150. The van der Waals surface area contributed by atoms with E-state index in [-0.39, 0.29) is 25.0 Å². The fourth-order valence-electron chi connectivity index (χ4n) is 3.32. The van der Waals surface area contributed by atoms with Crippen LogP contribution in [0.5, 0.6) is 11.5 Å². The predicted molar refractivity (Wildman–Crippen MR) is 125 cm³/mol. The van der Waals surface area contributed by atoms with Crippen molar-refractivity contribution < 1.29 is 19.1 Å². The van der Waals surface area contributed by atoms with Crippen LogP contribution in [0.15, 0.2) is 66.7 Å². The lowest BCUT2D eigenvalue weighted by Crippen LogP contribution is -2.44. The lowest BCUT2D eigenvalue weighted by atomic mass is 10.1. The average Bonchev–Trinajstić information content (AvgIpc) is 2.78. The number of benzene rings is 3. The molecule has 6 nitrogen and oxygen atoms in total. The van der Waals surface area contributed by atoms with Gasteiger partial charge in [-0.15, -0.1) is 0 Å². The molecule has 0 saturated heterocycles. The number of halogens is 2. The zero-order chi connectivity index (χ0) is 22.7. The highest BCUT2D eigenvalue weighted by atomic mass is 35.5. The van der Waals surface area contributed by atoms with Crippen molar-refractivity contribution >= 4 is 46.4 Å². The first-order valence-corrected chi connectivity index (χ1v) is 10.7. The highest BCUT2D eigenvalue weighted by molar-refractivity contribution is 6.31. The summed E-state index contributed by atoms with van der Waals surface area (Å²) in [6.45, 7) is 1.82. The lowest BCUT2D eigenvalue weighted by Gasteiger charge is -2.33. The minimum atomic E-state index is -0.627. The van der Waals surface area contributed by atoms with Gasteiger partial charge in [0.25, 0.3) is 11.8 Å². The molecule has 2 amide bonds. The van der Waals surface area contributed by atoms with Crippen molar-refractivity contribution in [3.8, 4) is 11.5 Å². The van der Waals surface area contributed by atoms with E-state index in [4.69, 9.17) is 32.7 Å². The van der Waals surface area contributed by atoms with E-state index in [0.29, 0.717) is 32.9 Å². The first-order chi connectivity index (χ1) is 15.4. The molecule has 32 heavy (non-hydrogen) atoms. The number of nitrogens with one attached hydrogen (secondary N) is 1. The van der Waals surface area contributed by atoms with Crippen molar-refractivity contribution in [2.45, 2.75) is 19.6 Å². The number of nitrogens with zero attached hydrogens (tertiary/aromatic N) is 1. The second kappa shape index (κ2) is 9.51. The van der Waals surface area contributed by atoms with Crippen LogP contribution < -0.4 is 19.7 Å². The largest absolute Gasteiger partial charge is 0.484 e. The van der Waals surface area contributed by atoms with Crippen LogP contribution >= 0.6 is 23.2 Å². The van der Waals surface area contributed by atoms with Gasteiger partial charge in [0.1, 0.15) is 11.5 Å². The van der Waals surface area contributed by atoms with Crippen molar-refractivity contribution in [3.05, 3.63) is 82.3 Å². The zero-order valence-corrected chi connectivity index (χ0v) is 18.7. The van der Waals surface area contributed by atoms with E-state index in [1.165, 1.54) is 0 Å². The van der Waals surface area contributed by atoms with Gasteiger partial charge in [-0.1, -0.05) is 41.4 Å². The summed E-state index contributed by atoms with van der Waals surface area (Å²) in [5, 5.41) is 3.95. The van der Waals surface area contributed by atoms with Crippen molar-refractivity contribution in [2.24, 2.45) is 0 Å². The summed E-state index contributed by atoms with van der Waals surface area (Å²) in [4.78, 5) is 26.8. The van der Waals surface area contributed by atoms with E-state index < -0.39 is 6.10 Å². The number of rotatable bonds is 6. The Morgan fingerprint density at radius 3 is 2.59 bits per heavy atom. The molecule has 3 aromatic rings. The molecule has 1 unspecified atom stereocenters. The molecule has 1 aliphatic rings. The van der Waals surface area contributed by atoms with Gasteiger partial charge < -0.3 is 19.7 Å². The number of anilines is 2. The van der Waals surface area contributed by atoms with Crippen LogP contribution in [-0.2, 0) is 16.1 Å². The van der Waals surface area contributed by atoms with Crippen LogP contribution in [0.2, 0.25) is 10.0 Å². The Labute approximate surface area is 195 Å². The van der Waals surface area contributed by atoms with Crippen LogP contribution in [-0.4, -0.2) is 24.5 Å². The minimum absolute atomic E-state index is 0.172. The van der Waals surface area contributed by atoms with Gasteiger partial charge >= 0.3 is 0 Å². The molecule has 0 bridgehead atoms. The molecule has 0 spiro atoms. The Hall–Kier alpha value is -3.22. The van der Waals surface area contributed by atoms with Gasteiger partial charge in [0, 0.05) is 15.7 Å². The zero-order valence-electron chi connectivity index (χ0n) is 17.2. The van der Waals surface area contributed by atoms with Crippen LogP contribution in [0.4, 0.5) is 11.4 Å². The van der Waals surface area contributed by atoms with Crippen LogP contribution in [0, 0.1) is 0 Å². The van der Waals surface area contributed by atoms with Gasteiger partial charge in [0.15, 0.2) is 12.7 Å². The number of ether oxygens (including phenoxy) is 2. The van der Waals surface area contributed by atoms with E-state index in [1.807, 2.05) is 18.2 Å². The standard InChI is InChI=1S/C24H20Cl2N2O4/c1-15-24(30)28(13-16-4-2-3-5-20(16)26)21-12-18(8-11-22(21)32-15)27-23(29)14-31-19-9-6-17(25)7-10-19/h2-12,15H,13-14H2,1H3,(H,27,29). The lowest BCUT2D eigenvalue weighted by molar-refractivity contribution is -0.125. The molecule has 8 heteroatoms. The molecule has 4 rings (SSSR count). The third-order valence-electron chi connectivity index (χ3n) is 4.92. The summed E-state index contributed by atoms with van der Waals surface area (Å²) >= 11 is 12.2. The number of carbonyl (C=O) groups is 2. The third kappa shape index (κ3) is 4.98. The predicted octanol–water partition coefficient (Wildman–Crippen LogP) is 5.33. The van der Waals surface area contributed by atoms with E-state index >= 15 is 0 Å². The van der Waals surface area contributed by atoms with Gasteiger partial charge in [-0.2, -0.15) is 0 Å². The Balaban J connectivity index is 1.50. The number of hydrogen-bond donors (Lipinski definition) is 1. The smallest absolute Gasteiger partial charge is 0.268 e. The summed E-state index contributed by atoms with van der Waals surface area (Å²) in [7, 11) is 0. The van der Waals surface area contributed by atoms with Gasteiger partial charge in [-0.3, -0.25) is 9.59 Å². The monoisotopic (exact) mass is 470 g/mol. The molecule has 1 N–H and O–H groups in total. The molecule has 3 aromatic carbocycles. The molecular formula is C24H20Cl2N2O4. The maximum atomic E-state index is 12.9. The third-order valence-corrected chi connectivity index (χ3v) is 5.54. The summed E-state index contributed by atoms with van der Waals surface area (Å²) in [6, 6.07) is 19.2. The molecule has 1 atom stereocenters. The molecule has 0 radical (unpaired) electrons. The van der Waals surface area contributed by atoms with Gasteiger partial charge in [0.05, 0.1) is 12.2 Å². The molecule has 1 heterocycles. The Morgan fingerprint density at radius 1 is 1.09 bits per heavy atom. The quantitative estimate of drug-likeness (QED) is 0.528. The summed E-state index contributed by atoms with van der Waals surface area (Å²) < 4.78 is 11.2. The first-order valence-electron chi connectivity index (χ1n) is 9.94. The Kier molecular flexibility index (Phi) is 6.53. The molecule has 0 aromatic heterocycles. The number of fused-ring (bicyclic) bond motifs is 1. The van der Waals surface area contributed by atoms with Crippen LogP contribution in [0.1, 0.15) is 12.5 Å². The van der Waals surface area contributed by atoms with Crippen LogP contribution in [0.25, 0.3) is 0 Å². The average molecular weight is 471 g/mol. The molecule has 0 saturated carbocycles. The van der Waals surface area contributed by atoms with Gasteiger partial charge in [0.2, 0.25) is 0 Å². The van der Waals surface area contributed by atoms with E-state index in [0.717, 1.165) is 5.56 Å². The molecule has 164 valence electrons. The highest BCUT2D eigenvalue weighted by Gasteiger charge is 2.32. The van der Waals surface area contributed by atoms with E-state index in [9.17, 15) is 9.59 Å². The SMILES string of the molecule is CC1Oc2ccc(NC(=O)COc3ccc(Cl)cc3)cc2N(Cc2ccccc2Cl)C1=O.